The molecule has 1 atom stereocenters. The Bertz CT molecular complexity index is 743. The monoisotopic (exact) mass is 410 g/mol. The van der Waals surface area contributed by atoms with Crippen molar-refractivity contribution in [3.8, 4) is 5.75 Å². The van der Waals surface area contributed by atoms with E-state index >= 15 is 0 Å². The maximum absolute atomic E-state index is 12.8. The van der Waals surface area contributed by atoms with Gasteiger partial charge in [-0.1, -0.05) is 50.1 Å². The van der Waals surface area contributed by atoms with Crippen LogP contribution in [0.4, 0.5) is 5.69 Å². The van der Waals surface area contributed by atoms with Gasteiger partial charge in [0.15, 0.2) is 0 Å². The average molecular weight is 411 g/mol. The molecule has 0 aliphatic carbocycles. The summed E-state index contributed by atoms with van der Waals surface area (Å²) in [6, 6.07) is 17.9. The lowest BCUT2D eigenvalue weighted by molar-refractivity contribution is -0.120. The van der Waals surface area contributed by atoms with Gasteiger partial charge < -0.3 is 14.8 Å². The topological polar surface area (TPSA) is 50.8 Å². The first kappa shape index (κ1) is 22.3. The Hall–Kier alpha value is -2.37. The van der Waals surface area contributed by atoms with Gasteiger partial charge in [-0.25, -0.2) is 0 Å². The van der Waals surface area contributed by atoms with Crippen molar-refractivity contribution in [2.75, 3.05) is 44.8 Å². The van der Waals surface area contributed by atoms with E-state index in [1.807, 2.05) is 42.5 Å². The highest BCUT2D eigenvalue weighted by atomic mass is 16.5. The van der Waals surface area contributed by atoms with Crippen LogP contribution in [0.25, 0.3) is 0 Å². The number of carbonyl (C=O) groups excluding carboxylic acids is 1. The van der Waals surface area contributed by atoms with Crippen LogP contribution in [-0.4, -0.2) is 50.3 Å². The molecule has 162 valence electrons. The first-order valence-corrected chi connectivity index (χ1v) is 11.1. The van der Waals surface area contributed by atoms with E-state index < -0.39 is 0 Å². The van der Waals surface area contributed by atoms with Gasteiger partial charge in [-0.3, -0.25) is 9.69 Å². The second-order valence-electron chi connectivity index (χ2n) is 7.84. The molecular formula is C25H34N2O3. The molecule has 1 amide bonds. The van der Waals surface area contributed by atoms with Crippen molar-refractivity contribution in [1.29, 1.82) is 0 Å². The third kappa shape index (κ3) is 7.47. The van der Waals surface area contributed by atoms with Crippen molar-refractivity contribution in [1.82, 2.24) is 4.90 Å². The second kappa shape index (κ2) is 12.4. The SMILES string of the molecule is CCCC[C@H](Cc1ccc(OCCN2CCOCC2)cc1)C(=O)Nc1ccccc1. The van der Waals surface area contributed by atoms with Crippen LogP contribution < -0.4 is 10.1 Å². The van der Waals surface area contributed by atoms with E-state index in [0.29, 0.717) is 6.61 Å². The van der Waals surface area contributed by atoms with Crippen molar-refractivity contribution in [2.45, 2.75) is 32.6 Å². The fourth-order valence-electron chi connectivity index (χ4n) is 3.67. The summed E-state index contributed by atoms with van der Waals surface area (Å²) >= 11 is 0. The minimum Gasteiger partial charge on any atom is -0.492 e. The lowest BCUT2D eigenvalue weighted by Gasteiger charge is -2.26. The van der Waals surface area contributed by atoms with E-state index in [-0.39, 0.29) is 11.8 Å². The third-order valence-corrected chi connectivity index (χ3v) is 5.50. The molecule has 0 radical (unpaired) electrons. The maximum Gasteiger partial charge on any atom is 0.227 e. The predicted octanol–water partition coefficient (Wildman–Crippen LogP) is 4.39. The van der Waals surface area contributed by atoms with E-state index in [1.165, 1.54) is 5.56 Å². The van der Waals surface area contributed by atoms with Crippen LogP contribution in [0, 0.1) is 5.92 Å². The molecule has 0 spiro atoms. The minimum atomic E-state index is -0.0294. The highest BCUT2D eigenvalue weighted by Crippen LogP contribution is 2.20. The summed E-state index contributed by atoms with van der Waals surface area (Å²) in [5, 5.41) is 3.06. The number of para-hydroxylation sites is 1. The molecule has 1 N–H and O–H groups in total. The summed E-state index contributed by atoms with van der Waals surface area (Å²) in [5.74, 6) is 0.949. The Morgan fingerprint density at radius 1 is 1.10 bits per heavy atom. The fraction of sp³-hybridized carbons (Fsp3) is 0.480. The molecular weight excluding hydrogens is 376 g/mol. The number of anilines is 1. The lowest BCUT2D eigenvalue weighted by atomic mass is 9.93. The van der Waals surface area contributed by atoms with Gasteiger partial charge in [0.2, 0.25) is 5.91 Å². The van der Waals surface area contributed by atoms with E-state index in [9.17, 15) is 4.79 Å². The maximum atomic E-state index is 12.8. The number of rotatable bonds is 11. The average Bonchev–Trinajstić information content (AvgIpc) is 2.79. The Balaban J connectivity index is 1.50. The van der Waals surface area contributed by atoms with Crippen LogP contribution in [-0.2, 0) is 16.0 Å². The summed E-state index contributed by atoms with van der Waals surface area (Å²) in [7, 11) is 0. The Morgan fingerprint density at radius 2 is 1.83 bits per heavy atom. The molecule has 2 aromatic rings. The summed E-state index contributed by atoms with van der Waals surface area (Å²) in [5.41, 5.74) is 2.02. The molecule has 0 bridgehead atoms. The van der Waals surface area contributed by atoms with Gasteiger partial charge in [-0.05, 0) is 42.7 Å². The number of unbranched alkanes of at least 4 members (excludes halogenated alkanes) is 1. The van der Waals surface area contributed by atoms with Crippen LogP contribution in [0.5, 0.6) is 5.75 Å². The highest BCUT2D eigenvalue weighted by Gasteiger charge is 2.19. The molecule has 1 heterocycles. The van der Waals surface area contributed by atoms with Gasteiger partial charge in [-0.2, -0.15) is 0 Å². The number of nitrogens with zero attached hydrogens (tertiary/aromatic N) is 1. The summed E-state index contributed by atoms with van der Waals surface area (Å²) in [6.45, 7) is 7.34. The first-order chi connectivity index (χ1) is 14.7. The van der Waals surface area contributed by atoms with Crippen molar-refractivity contribution >= 4 is 11.6 Å². The van der Waals surface area contributed by atoms with Crippen LogP contribution in [0.2, 0.25) is 0 Å². The zero-order valence-electron chi connectivity index (χ0n) is 18.0. The predicted molar refractivity (Wildman–Crippen MR) is 121 cm³/mol. The number of nitrogens with one attached hydrogen (secondary N) is 1. The van der Waals surface area contributed by atoms with Gasteiger partial charge in [0.1, 0.15) is 12.4 Å². The number of hydrogen-bond donors (Lipinski definition) is 1. The molecule has 3 rings (SSSR count). The largest absolute Gasteiger partial charge is 0.492 e. The van der Waals surface area contributed by atoms with Gasteiger partial charge in [-0.15, -0.1) is 0 Å². The zero-order chi connectivity index (χ0) is 21.0. The zero-order valence-corrected chi connectivity index (χ0v) is 18.0. The molecule has 1 fully saturated rings. The van der Waals surface area contributed by atoms with E-state index in [2.05, 4.69) is 29.3 Å². The highest BCUT2D eigenvalue weighted by molar-refractivity contribution is 5.92. The lowest BCUT2D eigenvalue weighted by Crippen LogP contribution is -2.38. The fourth-order valence-corrected chi connectivity index (χ4v) is 3.67. The minimum absolute atomic E-state index is 0.0294. The molecule has 0 aromatic heterocycles. The quantitative estimate of drug-likeness (QED) is 0.597. The molecule has 1 saturated heterocycles. The number of hydrogen-bond acceptors (Lipinski definition) is 4. The third-order valence-electron chi connectivity index (χ3n) is 5.50. The van der Waals surface area contributed by atoms with Crippen LogP contribution in [0.1, 0.15) is 31.7 Å². The van der Waals surface area contributed by atoms with Crippen molar-refractivity contribution < 1.29 is 14.3 Å². The summed E-state index contributed by atoms with van der Waals surface area (Å²) < 4.78 is 11.3. The van der Waals surface area contributed by atoms with Gasteiger partial charge in [0.05, 0.1) is 13.2 Å². The number of morpholine rings is 1. The second-order valence-corrected chi connectivity index (χ2v) is 7.84. The molecule has 30 heavy (non-hydrogen) atoms. The first-order valence-electron chi connectivity index (χ1n) is 11.1. The van der Waals surface area contributed by atoms with E-state index in [1.54, 1.807) is 0 Å². The van der Waals surface area contributed by atoms with Crippen LogP contribution in [0.3, 0.4) is 0 Å². The molecule has 1 aliphatic rings. The van der Waals surface area contributed by atoms with Crippen LogP contribution in [0.15, 0.2) is 54.6 Å². The smallest absolute Gasteiger partial charge is 0.227 e. The van der Waals surface area contributed by atoms with Gasteiger partial charge >= 0.3 is 0 Å². The summed E-state index contributed by atoms with van der Waals surface area (Å²) in [4.78, 5) is 15.2. The normalized spacial score (nSPS) is 15.5. The van der Waals surface area contributed by atoms with Crippen molar-refractivity contribution in [3.05, 3.63) is 60.2 Å². The number of amides is 1. The number of ether oxygens (including phenoxy) is 2. The van der Waals surface area contributed by atoms with Crippen molar-refractivity contribution in [3.63, 3.8) is 0 Å². The van der Waals surface area contributed by atoms with Gasteiger partial charge in [0.25, 0.3) is 0 Å². The Kier molecular flexibility index (Phi) is 9.19. The Morgan fingerprint density at radius 3 is 2.53 bits per heavy atom. The van der Waals surface area contributed by atoms with E-state index in [0.717, 1.165) is 70.0 Å². The molecule has 0 unspecified atom stereocenters. The molecule has 0 saturated carbocycles. The van der Waals surface area contributed by atoms with E-state index in [4.69, 9.17) is 9.47 Å². The number of carbonyl (C=O) groups is 1. The van der Waals surface area contributed by atoms with Gasteiger partial charge in [0, 0.05) is 31.2 Å². The van der Waals surface area contributed by atoms with Crippen LogP contribution >= 0.6 is 0 Å². The number of benzene rings is 2. The molecule has 1 aliphatic heterocycles. The van der Waals surface area contributed by atoms with Crippen molar-refractivity contribution in [2.24, 2.45) is 5.92 Å². The molecule has 5 nitrogen and oxygen atoms in total. The molecule has 5 heteroatoms. The standard InChI is InChI=1S/C25H34N2O3/c1-2-3-7-22(25(28)26-23-8-5-4-6-9-23)20-21-10-12-24(13-11-21)30-19-16-27-14-17-29-18-15-27/h4-6,8-13,22H,2-3,7,14-20H2,1H3,(H,26,28)/t22-/m1/s1. The Labute approximate surface area is 180 Å². The summed E-state index contributed by atoms with van der Waals surface area (Å²) in [6.07, 6.45) is 3.78. The molecule has 2 aromatic carbocycles.